The van der Waals surface area contributed by atoms with E-state index in [2.05, 4.69) is 31.0 Å². The van der Waals surface area contributed by atoms with Crippen molar-refractivity contribution in [3.8, 4) is 0 Å². The van der Waals surface area contributed by atoms with Gasteiger partial charge in [-0.05, 0) is 28.8 Å². The second-order valence-electron chi connectivity index (χ2n) is 4.20. The highest BCUT2D eigenvalue weighted by Gasteiger charge is 2.26. The van der Waals surface area contributed by atoms with Crippen molar-refractivity contribution in [2.45, 2.75) is 44.8 Å². The maximum atomic E-state index is 4.61. The highest BCUT2D eigenvalue weighted by molar-refractivity contribution is 9.10. The van der Waals surface area contributed by atoms with E-state index in [4.69, 9.17) is 0 Å². The van der Waals surface area contributed by atoms with Crippen molar-refractivity contribution in [2.75, 3.05) is 0 Å². The SMILES string of the molecule is Brc1nn(C2CCCC2)c2c1CNC2. The van der Waals surface area contributed by atoms with Crippen LogP contribution in [0.1, 0.15) is 43.0 Å². The number of hydrogen-bond donors (Lipinski definition) is 1. The van der Waals surface area contributed by atoms with E-state index in [1.54, 1.807) is 0 Å². The van der Waals surface area contributed by atoms with Crippen molar-refractivity contribution in [1.29, 1.82) is 0 Å². The van der Waals surface area contributed by atoms with Crippen LogP contribution >= 0.6 is 15.9 Å². The fourth-order valence-corrected chi connectivity index (χ4v) is 3.13. The summed E-state index contributed by atoms with van der Waals surface area (Å²) in [7, 11) is 0. The summed E-state index contributed by atoms with van der Waals surface area (Å²) in [6.45, 7) is 1.97. The van der Waals surface area contributed by atoms with E-state index in [9.17, 15) is 0 Å². The molecule has 0 spiro atoms. The van der Waals surface area contributed by atoms with E-state index in [1.165, 1.54) is 36.9 Å². The molecule has 0 saturated heterocycles. The fraction of sp³-hybridized carbons (Fsp3) is 0.700. The standard InChI is InChI=1S/C10H14BrN3/c11-10-8-5-12-6-9(8)14(13-10)7-3-1-2-4-7/h7,12H,1-6H2. The number of halogens is 1. The maximum absolute atomic E-state index is 4.61. The number of hydrogen-bond acceptors (Lipinski definition) is 2. The molecule has 4 heteroatoms. The van der Waals surface area contributed by atoms with Gasteiger partial charge in [0.2, 0.25) is 0 Å². The Hall–Kier alpha value is -0.350. The van der Waals surface area contributed by atoms with Crippen LogP contribution in [0.5, 0.6) is 0 Å². The summed E-state index contributed by atoms with van der Waals surface area (Å²) in [6, 6.07) is 0.662. The summed E-state index contributed by atoms with van der Waals surface area (Å²) in [4.78, 5) is 0. The molecular weight excluding hydrogens is 242 g/mol. The first-order chi connectivity index (χ1) is 6.86. The van der Waals surface area contributed by atoms with Crippen LogP contribution in [0.4, 0.5) is 0 Å². The summed E-state index contributed by atoms with van der Waals surface area (Å²) in [5.74, 6) is 0. The Morgan fingerprint density at radius 3 is 2.86 bits per heavy atom. The molecular formula is C10H14BrN3. The first-order valence-electron chi connectivity index (χ1n) is 5.33. The normalized spacial score (nSPS) is 21.8. The van der Waals surface area contributed by atoms with Gasteiger partial charge in [-0.1, -0.05) is 12.8 Å². The predicted molar refractivity (Wildman–Crippen MR) is 58.0 cm³/mol. The largest absolute Gasteiger partial charge is 0.307 e. The Morgan fingerprint density at radius 2 is 2.07 bits per heavy atom. The van der Waals surface area contributed by atoms with Crippen LogP contribution in [0.25, 0.3) is 0 Å². The molecule has 2 heterocycles. The highest BCUT2D eigenvalue weighted by atomic mass is 79.9. The molecule has 0 bridgehead atoms. The molecule has 1 aromatic rings. The Bertz CT molecular complexity index is 352. The van der Waals surface area contributed by atoms with E-state index in [1.807, 2.05) is 0 Å². The first kappa shape index (κ1) is 8.92. The van der Waals surface area contributed by atoms with Crippen molar-refractivity contribution in [3.05, 3.63) is 15.9 Å². The van der Waals surface area contributed by atoms with Gasteiger partial charge in [-0.2, -0.15) is 5.10 Å². The predicted octanol–water partition coefficient (Wildman–Crippen LogP) is 2.36. The van der Waals surface area contributed by atoms with E-state index in [-0.39, 0.29) is 0 Å². The lowest BCUT2D eigenvalue weighted by Gasteiger charge is -2.12. The number of rotatable bonds is 1. The molecule has 1 aliphatic carbocycles. The molecule has 1 fully saturated rings. The van der Waals surface area contributed by atoms with E-state index in [0.717, 1.165) is 17.7 Å². The third-order valence-electron chi connectivity index (χ3n) is 3.33. The maximum Gasteiger partial charge on any atom is 0.132 e. The number of aromatic nitrogens is 2. The van der Waals surface area contributed by atoms with Crippen LogP contribution in [-0.4, -0.2) is 9.78 Å². The van der Waals surface area contributed by atoms with E-state index < -0.39 is 0 Å². The second kappa shape index (κ2) is 3.35. The van der Waals surface area contributed by atoms with Crippen LogP contribution in [0.15, 0.2) is 4.60 Å². The van der Waals surface area contributed by atoms with Crippen LogP contribution < -0.4 is 5.32 Å². The van der Waals surface area contributed by atoms with E-state index in [0.29, 0.717) is 6.04 Å². The first-order valence-corrected chi connectivity index (χ1v) is 6.12. The lowest BCUT2D eigenvalue weighted by molar-refractivity contribution is 0.445. The van der Waals surface area contributed by atoms with Gasteiger partial charge in [0.1, 0.15) is 4.60 Å². The summed E-state index contributed by atoms with van der Waals surface area (Å²) in [5.41, 5.74) is 2.78. The van der Waals surface area contributed by atoms with Gasteiger partial charge in [-0.3, -0.25) is 4.68 Å². The molecule has 1 aliphatic heterocycles. The van der Waals surface area contributed by atoms with Crippen LogP contribution in [0.3, 0.4) is 0 Å². The monoisotopic (exact) mass is 255 g/mol. The molecule has 1 N–H and O–H groups in total. The molecule has 0 unspecified atom stereocenters. The topological polar surface area (TPSA) is 29.9 Å². The Balaban J connectivity index is 2.01. The molecule has 1 aromatic heterocycles. The molecule has 14 heavy (non-hydrogen) atoms. The molecule has 0 aromatic carbocycles. The van der Waals surface area contributed by atoms with Gasteiger partial charge in [0.25, 0.3) is 0 Å². The van der Waals surface area contributed by atoms with Crippen molar-refractivity contribution < 1.29 is 0 Å². The zero-order valence-corrected chi connectivity index (χ0v) is 9.68. The van der Waals surface area contributed by atoms with Gasteiger partial charge in [0.15, 0.2) is 0 Å². The minimum atomic E-state index is 0.662. The van der Waals surface area contributed by atoms with Gasteiger partial charge < -0.3 is 5.32 Å². The summed E-state index contributed by atoms with van der Waals surface area (Å²) < 4.78 is 3.30. The summed E-state index contributed by atoms with van der Waals surface area (Å²) in [5, 5.41) is 7.99. The van der Waals surface area contributed by atoms with Crippen LogP contribution in [0.2, 0.25) is 0 Å². The molecule has 2 aliphatic rings. The van der Waals surface area contributed by atoms with Gasteiger partial charge >= 0.3 is 0 Å². The highest BCUT2D eigenvalue weighted by Crippen LogP contribution is 2.34. The average Bonchev–Trinajstić information content (AvgIpc) is 2.84. The summed E-state index contributed by atoms with van der Waals surface area (Å²) in [6.07, 6.45) is 5.34. The lowest BCUT2D eigenvalue weighted by atomic mass is 10.2. The smallest absolute Gasteiger partial charge is 0.132 e. The molecule has 0 amide bonds. The minimum Gasteiger partial charge on any atom is -0.307 e. The van der Waals surface area contributed by atoms with Gasteiger partial charge in [0, 0.05) is 18.7 Å². The fourth-order valence-electron chi connectivity index (χ4n) is 2.59. The van der Waals surface area contributed by atoms with Gasteiger partial charge in [-0.25, -0.2) is 0 Å². The molecule has 0 radical (unpaired) electrons. The third-order valence-corrected chi connectivity index (χ3v) is 3.97. The molecule has 0 atom stereocenters. The number of fused-ring (bicyclic) bond motifs is 1. The Labute approximate surface area is 92.0 Å². The molecule has 3 rings (SSSR count). The zero-order valence-electron chi connectivity index (χ0n) is 8.09. The van der Waals surface area contributed by atoms with Crippen LogP contribution in [-0.2, 0) is 13.1 Å². The summed E-state index contributed by atoms with van der Waals surface area (Å²) >= 11 is 3.54. The Kier molecular flexibility index (Phi) is 2.13. The average molecular weight is 256 g/mol. The number of nitrogens with one attached hydrogen (secondary N) is 1. The van der Waals surface area contributed by atoms with Gasteiger partial charge in [0.05, 0.1) is 11.7 Å². The quantitative estimate of drug-likeness (QED) is 0.835. The number of nitrogens with zero attached hydrogens (tertiary/aromatic N) is 2. The van der Waals surface area contributed by atoms with Crippen molar-refractivity contribution >= 4 is 15.9 Å². The van der Waals surface area contributed by atoms with E-state index >= 15 is 0 Å². The Morgan fingerprint density at radius 1 is 1.29 bits per heavy atom. The lowest BCUT2D eigenvalue weighted by Crippen LogP contribution is -2.12. The zero-order chi connectivity index (χ0) is 9.54. The van der Waals surface area contributed by atoms with Crippen molar-refractivity contribution in [3.63, 3.8) is 0 Å². The van der Waals surface area contributed by atoms with Crippen molar-refractivity contribution in [1.82, 2.24) is 15.1 Å². The molecule has 76 valence electrons. The molecule has 1 saturated carbocycles. The van der Waals surface area contributed by atoms with Crippen LogP contribution in [0, 0.1) is 0 Å². The minimum absolute atomic E-state index is 0.662. The molecule has 3 nitrogen and oxygen atoms in total. The third kappa shape index (κ3) is 1.24. The van der Waals surface area contributed by atoms with Crippen molar-refractivity contribution in [2.24, 2.45) is 0 Å². The van der Waals surface area contributed by atoms with Gasteiger partial charge in [-0.15, -0.1) is 0 Å². The second-order valence-corrected chi connectivity index (χ2v) is 4.95.